The Hall–Kier alpha value is -0.640. The largest absolute Gasteiger partial charge is 0.441 e. The van der Waals surface area contributed by atoms with E-state index >= 15 is 0 Å². The molecule has 0 fully saturated rings. The van der Waals surface area contributed by atoms with Crippen molar-refractivity contribution in [2.24, 2.45) is 0 Å². The van der Waals surface area contributed by atoms with Crippen LogP contribution in [0.15, 0.2) is 0 Å². The van der Waals surface area contributed by atoms with Crippen molar-refractivity contribution in [2.75, 3.05) is 0 Å². The van der Waals surface area contributed by atoms with E-state index in [9.17, 15) is 0 Å². The van der Waals surface area contributed by atoms with Crippen LogP contribution in [0.1, 0.15) is 53.4 Å². The lowest BCUT2D eigenvalue weighted by atomic mass is 10.2. The first-order chi connectivity index (χ1) is 5.56. The van der Waals surface area contributed by atoms with Gasteiger partial charge in [-0.15, -0.1) is 0 Å². The molecule has 0 saturated heterocycles. The molecule has 0 saturated carbocycles. The van der Waals surface area contributed by atoms with Crippen LogP contribution in [0.4, 0.5) is 0 Å². The van der Waals surface area contributed by atoms with Gasteiger partial charge in [-0.2, -0.15) is 0 Å². The molecule has 70 valence electrons. The van der Waals surface area contributed by atoms with E-state index < -0.39 is 0 Å². The van der Waals surface area contributed by atoms with Crippen LogP contribution in [0.2, 0.25) is 0 Å². The summed E-state index contributed by atoms with van der Waals surface area (Å²) in [6.45, 7) is 8.22. The van der Waals surface area contributed by atoms with Gasteiger partial charge in [-0.25, -0.2) is 0 Å². The van der Waals surface area contributed by atoms with E-state index in [2.05, 4.69) is 19.0 Å². The molecule has 0 amide bonds. The first-order valence-electron chi connectivity index (χ1n) is 4.72. The monoisotopic (exact) mass is 168 g/mol. The SMILES string of the molecule is CCCCCC#COC(C)(C)C. The Kier molecular flexibility index (Phi) is 5.62. The van der Waals surface area contributed by atoms with Crippen LogP contribution in [-0.4, -0.2) is 5.60 Å². The third-order valence-electron chi connectivity index (χ3n) is 1.33. The number of ether oxygens (including phenoxy) is 1. The normalized spacial score (nSPS) is 10.3. The van der Waals surface area contributed by atoms with E-state index in [1.54, 1.807) is 0 Å². The molecule has 12 heavy (non-hydrogen) atoms. The highest BCUT2D eigenvalue weighted by atomic mass is 16.5. The maximum atomic E-state index is 5.25. The molecule has 0 radical (unpaired) electrons. The molecular formula is C11H20O. The standard InChI is InChI=1S/C11H20O/c1-5-6-7-8-9-10-12-11(2,3)4/h5-8H2,1-4H3. The minimum Gasteiger partial charge on any atom is -0.441 e. The van der Waals surface area contributed by atoms with Crippen molar-refractivity contribution in [3.63, 3.8) is 0 Å². The van der Waals surface area contributed by atoms with Gasteiger partial charge in [0.2, 0.25) is 0 Å². The van der Waals surface area contributed by atoms with Crippen molar-refractivity contribution in [3.8, 4) is 12.0 Å². The minimum absolute atomic E-state index is 0.127. The summed E-state index contributed by atoms with van der Waals surface area (Å²) in [5, 5.41) is 0. The van der Waals surface area contributed by atoms with Gasteiger partial charge in [-0.1, -0.05) is 25.7 Å². The summed E-state index contributed by atoms with van der Waals surface area (Å²) in [6, 6.07) is 0. The molecule has 0 aliphatic carbocycles. The number of hydrogen-bond acceptors (Lipinski definition) is 1. The van der Waals surface area contributed by atoms with E-state index in [0.717, 1.165) is 6.42 Å². The summed E-state index contributed by atoms with van der Waals surface area (Å²) in [5.41, 5.74) is -0.127. The second-order valence-electron chi connectivity index (χ2n) is 3.95. The third kappa shape index (κ3) is 9.36. The summed E-state index contributed by atoms with van der Waals surface area (Å²) in [6.07, 6.45) is 7.41. The van der Waals surface area contributed by atoms with Gasteiger partial charge in [0, 0.05) is 6.42 Å². The van der Waals surface area contributed by atoms with Gasteiger partial charge in [0.15, 0.2) is 0 Å². The quantitative estimate of drug-likeness (QED) is 0.464. The van der Waals surface area contributed by atoms with E-state index in [4.69, 9.17) is 4.74 Å². The van der Waals surface area contributed by atoms with Crippen molar-refractivity contribution < 1.29 is 4.74 Å². The van der Waals surface area contributed by atoms with Gasteiger partial charge < -0.3 is 4.74 Å². The molecule has 0 aromatic heterocycles. The smallest absolute Gasteiger partial charge is 0.112 e. The molecule has 0 aliphatic rings. The molecule has 0 unspecified atom stereocenters. The summed E-state index contributed by atoms with van der Waals surface area (Å²) in [5.74, 6) is 3.00. The van der Waals surface area contributed by atoms with Gasteiger partial charge in [0.1, 0.15) is 11.7 Å². The van der Waals surface area contributed by atoms with Crippen molar-refractivity contribution in [3.05, 3.63) is 0 Å². The van der Waals surface area contributed by atoms with Crippen molar-refractivity contribution in [1.82, 2.24) is 0 Å². The fraction of sp³-hybridized carbons (Fsp3) is 0.818. The van der Waals surface area contributed by atoms with Crippen molar-refractivity contribution in [2.45, 2.75) is 59.0 Å². The lowest BCUT2D eigenvalue weighted by Crippen LogP contribution is -2.15. The maximum Gasteiger partial charge on any atom is 0.112 e. The van der Waals surface area contributed by atoms with E-state index in [1.165, 1.54) is 19.3 Å². The molecule has 1 nitrogen and oxygen atoms in total. The molecule has 0 spiro atoms. The Bertz CT molecular complexity index is 154. The van der Waals surface area contributed by atoms with Crippen molar-refractivity contribution in [1.29, 1.82) is 0 Å². The third-order valence-corrected chi connectivity index (χ3v) is 1.33. The van der Waals surface area contributed by atoms with Crippen LogP contribution in [0.3, 0.4) is 0 Å². The van der Waals surface area contributed by atoms with Crippen LogP contribution in [-0.2, 0) is 4.74 Å². The van der Waals surface area contributed by atoms with Crippen molar-refractivity contribution >= 4 is 0 Å². The van der Waals surface area contributed by atoms with E-state index in [0.29, 0.717) is 0 Å². The second-order valence-corrected chi connectivity index (χ2v) is 3.95. The number of rotatable bonds is 3. The topological polar surface area (TPSA) is 9.23 Å². The maximum absolute atomic E-state index is 5.25. The first-order valence-corrected chi connectivity index (χ1v) is 4.72. The highest BCUT2D eigenvalue weighted by Gasteiger charge is 2.07. The second kappa shape index (κ2) is 5.94. The van der Waals surface area contributed by atoms with Gasteiger partial charge in [0.05, 0.1) is 0 Å². The van der Waals surface area contributed by atoms with Crippen LogP contribution in [0.5, 0.6) is 0 Å². The van der Waals surface area contributed by atoms with Crippen LogP contribution in [0, 0.1) is 12.0 Å². The lowest BCUT2D eigenvalue weighted by molar-refractivity contribution is 0.0961. The predicted octanol–water partition coefficient (Wildman–Crippen LogP) is 3.34. The predicted molar refractivity (Wildman–Crippen MR) is 52.8 cm³/mol. The first kappa shape index (κ1) is 11.4. The molecule has 1 heteroatoms. The molecular weight excluding hydrogens is 148 g/mol. The molecule has 0 aliphatic heterocycles. The molecule has 0 aromatic carbocycles. The van der Waals surface area contributed by atoms with Crippen LogP contribution >= 0.6 is 0 Å². The zero-order chi connectivity index (χ0) is 9.45. The van der Waals surface area contributed by atoms with Crippen LogP contribution in [0.25, 0.3) is 0 Å². The Labute approximate surface area is 76.5 Å². The number of hydrogen-bond donors (Lipinski definition) is 0. The fourth-order valence-corrected chi connectivity index (χ4v) is 0.704. The number of unbranched alkanes of at least 4 members (excludes halogenated alkanes) is 3. The molecule has 0 N–H and O–H groups in total. The summed E-state index contributed by atoms with van der Waals surface area (Å²) in [4.78, 5) is 0. The highest BCUT2D eigenvalue weighted by molar-refractivity contribution is 4.92. The average Bonchev–Trinajstić information content (AvgIpc) is 1.94. The highest BCUT2D eigenvalue weighted by Crippen LogP contribution is 2.04. The van der Waals surface area contributed by atoms with Gasteiger partial charge in [-0.05, 0) is 27.2 Å². The van der Waals surface area contributed by atoms with E-state index in [-0.39, 0.29) is 5.60 Å². The van der Waals surface area contributed by atoms with Gasteiger partial charge in [-0.3, -0.25) is 0 Å². The summed E-state index contributed by atoms with van der Waals surface area (Å²) < 4.78 is 5.25. The Balaban J connectivity index is 3.35. The van der Waals surface area contributed by atoms with Gasteiger partial charge >= 0.3 is 0 Å². The fourth-order valence-electron chi connectivity index (χ4n) is 0.704. The molecule has 0 bridgehead atoms. The summed E-state index contributed by atoms with van der Waals surface area (Å²) >= 11 is 0. The molecule has 0 rings (SSSR count). The van der Waals surface area contributed by atoms with Gasteiger partial charge in [0.25, 0.3) is 0 Å². The minimum atomic E-state index is -0.127. The van der Waals surface area contributed by atoms with E-state index in [1.807, 2.05) is 20.8 Å². The Morgan fingerprint density at radius 2 is 1.83 bits per heavy atom. The zero-order valence-electron chi connectivity index (χ0n) is 8.74. The zero-order valence-corrected chi connectivity index (χ0v) is 8.74. The molecule has 0 heterocycles. The summed E-state index contributed by atoms with van der Waals surface area (Å²) in [7, 11) is 0. The average molecular weight is 168 g/mol. The lowest BCUT2D eigenvalue weighted by Gasteiger charge is -2.14. The Morgan fingerprint density at radius 1 is 1.17 bits per heavy atom. The molecule has 0 aromatic rings. The Morgan fingerprint density at radius 3 is 2.33 bits per heavy atom. The van der Waals surface area contributed by atoms with Crippen LogP contribution < -0.4 is 0 Å². The molecule has 0 atom stereocenters.